The van der Waals surface area contributed by atoms with Gasteiger partial charge in [0.05, 0.1) is 5.69 Å². The van der Waals surface area contributed by atoms with E-state index in [1.54, 1.807) is 6.07 Å². The van der Waals surface area contributed by atoms with Crippen molar-refractivity contribution in [3.63, 3.8) is 0 Å². The van der Waals surface area contributed by atoms with Gasteiger partial charge >= 0.3 is 5.97 Å². The zero-order valence-corrected chi connectivity index (χ0v) is 12.7. The van der Waals surface area contributed by atoms with Gasteiger partial charge in [0.2, 0.25) is 11.8 Å². The van der Waals surface area contributed by atoms with Crippen LogP contribution in [0.2, 0.25) is 0 Å². The van der Waals surface area contributed by atoms with E-state index < -0.39 is 11.8 Å². The summed E-state index contributed by atoms with van der Waals surface area (Å²) in [5.41, 5.74) is 0.549. The molecule has 1 aromatic carbocycles. The molecule has 0 bridgehead atoms. The van der Waals surface area contributed by atoms with Gasteiger partial charge in [-0.2, -0.15) is 0 Å². The molecule has 2 amide bonds. The van der Waals surface area contributed by atoms with Crippen LogP contribution in [0.4, 0.5) is 15.8 Å². The van der Waals surface area contributed by atoms with Crippen LogP contribution in [0.5, 0.6) is 0 Å². The smallest absolute Gasteiger partial charge is 0.303 e. The Morgan fingerprint density at radius 2 is 2.00 bits per heavy atom. The van der Waals surface area contributed by atoms with Crippen LogP contribution in [-0.4, -0.2) is 29.4 Å². The van der Waals surface area contributed by atoms with Crippen molar-refractivity contribution < 1.29 is 23.9 Å². The summed E-state index contributed by atoms with van der Waals surface area (Å²) in [5.74, 6) is -1.83. The van der Waals surface area contributed by atoms with Crippen molar-refractivity contribution >= 4 is 29.2 Å². The fraction of sp³-hybridized carbons (Fsp3) is 0.438. The highest BCUT2D eigenvalue weighted by Gasteiger charge is 2.24. The van der Waals surface area contributed by atoms with Crippen LogP contribution in [0.25, 0.3) is 0 Å². The predicted octanol–water partition coefficient (Wildman–Crippen LogP) is 2.54. The van der Waals surface area contributed by atoms with E-state index in [4.69, 9.17) is 5.11 Å². The molecule has 0 spiro atoms. The minimum absolute atomic E-state index is 0.0282. The average Bonchev–Trinajstić information content (AvgIpc) is 2.90. The number of amides is 2. The second kappa shape index (κ2) is 7.71. The SMILES string of the molecule is O=C(O)CCCCC(=O)Nc1ccc(N2CCCC2=O)c(F)c1. The molecular formula is C16H19FN2O4. The van der Waals surface area contributed by atoms with Crippen molar-refractivity contribution in [2.75, 3.05) is 16.8 Å². The van der Waals surface area contributed by atoms with Crippen LogP contribution in [-0.2, 0) is 14.4 Å². The number of carboxylic acids is 1. The topological polar surface area (TPSA) is 86.7 Å². The van der Waals surface area contributed by atoms with Crippen molar-refractivity contribution in [1.29, 1.82) is 0 Å². The molecule has 0 aliphatic carbocycles. The van der Waals surface area contributed by atoms with E-state index in [-0.39, 0.29) is 30.3 Å². The largest absolute Gasteiger partial charge is 0.481 e. The summed E-state index contributed by atoms with van der Waals surface area (Å²) in [4.78, 5) is 35.1. The summed E-state index contributed by atoms with van der Waals surface area (Å²) in [6.07, 6.45) is 2.23. The number of rotatable bonds is 7. The molecule has 1 heterocycles. The number of unbranched alkanes of at least 4 members (excludes halogenated alkanes) is 1. The summed E-state index contributed by atoms with van der Waals surface area (Å²) in [7, 11) is 0. The molecule has 1 aliphatic heterocycles. The van der Waals surface area contributed by atoms with Crippen LogP contribution in [0.3, 0.4) is 0 Å². The lowest BCUT2D eigenvalue weighted by Gasteiger charge is -2.17. The van der Waals surface area contributed by atoms with Crippen molar-refractivity contribution in [3.8, 4) is 0 Å². The summed E-state index contributed by atoms with van der Waals surface area (Å²) in [5, 5.41) is 11.1. The Hall–Kier alpha value is -2.44. The number of aliphatic carboxylic acids is 1. The van der Waals surface area contributed by atoms with Crippen molar-refractivity contribution in [3.05, 3.63) is 24.0 Å². The van der Waals surface area contributed by atoms with E-state index >= 15 is 0 Å². The van der Waals surface area contributed by atoms with Crippen LogP contribution < -0.4 is 10.2 Å². The Bertz CT molecular complexity index is 618. The molecule has 2 rings (SSSR count). The van der Waals surface area contributed by atoms with Gasteiger partial charge < -0.3 is 15.3 Å². The molecule has 1 aliphatic rings. The normalized spacial score (nSPS) is 14.1. The molecule has 7 heteroatoms. The molecular weight excluding hydrogens is 303 g/mol. The Morgan fingerprint density at radius 1 is 1.26 bits per heavy atom. The Labute approximate surface area is 133 Å². The number of carboxylic acid groups (broad SMARTS) is 1. The molecule has 1 aromatic rings. The van der Waals surface area contributed by atoms with E-state index in [0.717, 1.165) is 0 Å². The lowest BCUT2D eigenvalue weighted by atomic mass is 10.2. The van der Waals surface area contributed by atoms with Gasteiger partial charge in [0.15, 0.2) is 0 Å². The average molecular weight is 322 g/mol. The number of hydrogen-bond donors (Lipinski definition) is 2. The second-order valence-corrected chi connectivity index (χ2v) is 5.46. The molecule has 6 nitrogen and oxygen atoms in total. The summed E-state index contributed by atoms with van der Waals surface area (Å²) in [6, 6.07) is 4.23. The quantitative estimate of drug-likeness (QED) is 0.755. The predicted molar refractivity (Wildman–Crippen MR) is 82.7 cm³/mol. The third-order valence-corrected chi connectivity index (χ3v) is 3.64. The first-order valence-electron chi connectivity index (χ1n) is 7.59. The highest BCUT2D eigenvalue weighted by molar-refractivity contribution is 5.96. The standard InChI is InChI=1S/C16H19FN2O4/c17-12-10-11(18-14(20)4-1-2-6-16(22)23)7-8-13(12)19-9-3-5-15(19)21/h7-8,10H,1-6,9H2,(H,18,20)(H,22,23). The third-order valence-electron chi connectivity index (χ3n) is 3.64. The maximum Gasteiger partial charge on any atom is 0.303 e. The number of halogens is 1. The van der Waals surface area contributed by atoms with Crippen molar-refractivity contribution in [2.24, 2.45) is 0 Å². The fourth-order valence-corrected chi connectivity index (χ4v) is 2.49. The summed E-state index contributed by atoms with van der Waals surface area (Å²) < 4.78 is 14.1. The number of carbonyl (C=O) groups excluding carboxylic acids is 2. The third kappa shape index (κ3) is 4.77. The van der Waals surface area contributed by atoms with Gasteiger partial charge in [0, 0.05) is 31.5 Å². The van der Waals surface area contributed by atoms with Gasteiger partial charge in [0.25, 0.3) is 0 Å². The lowest BCUT2D eigenvalue weighted by Crippen LogP contribution is -2.24. The number of carbonyl (C=O) groups is 3. The van der Waals surface area contributed by atoms with Gasteiger partial charge in [-0.1, -0.05) is 0 Å². The molecule has 0 unspecified atom stereocenters. The monoisotopic (exact) mass is 322 g/mol. The maximum atomic E-state index is 14.1. The van der Waals surface area contributed by atoms with Gasteiger partial charge in [-0.15, -0.1) is 0 Å². The van der Waals surface area contributed by atoms with Gasteiger partial charge in [-0.3, -0.25) is 14.4 Å². The van der Waals surface area contributed by atoms with Crippen molar-refractivity contribution in [1.82, 2.24) is 0 Å². The van der Waals surface area contributed by atoms with E-state index in [2.05, 4.69) is 5.32 Å². The van der Waals surface area contributed by atoms with E-state index in [1.807, 2.05) is 0 Å². The zero-order chi connectivity index (χ0) is 16.8. The molecule has 0 atom stereocenters. The van der Waals surface area contributed by atoms with Crippen LogP contribution in [0, 0.1) is 5.82 Å². The van der Waals surface area contributed by atoms with Crippen molar-refractivity contribution in [2.45, 2.75) is 38.5 Å². The van der Waals surface area contributed by atoms with Crippen LogP contribution in [0.1, 0.15) is 38.5 Å². The Balaban J connectivity index is 1.89. The molecule has 0 aromatic heterocycles. The van der Waals surface area contributed by atoms with Gasteiger partial charge in [-0.05, 0) is 37.5 Å². The van der Waals surface area contributed by atoms with Crippen LogP contribution >= 0.6 is 0 Å². The molecule has 0 saturated carbocycles. The number of hydrogen-bond acceptors (Lipinski definition) is 3. The van der Waals surface area contributed by atoms with E-state index in [9.17, 15) is 18.8 Å². The number of anilines is 2. The number of benzene rings is 1. The summed E-state index contributed by atoms with van der Waals surface area (Å²) in [6.45, 7) is 0.505. The maximum absolute atomic E-state index is 14.1. The lowest BCUT2D eigenvalue weighted by molar-refractivity contribution is -0.137. The first kappa shape index (κ1) is 16.9. The highest BCUT2D eigenvalue weighted by Crippen LogP contribution is 2.26. The van der Waals surface area contributed by atoms with Gasteiger partial charge in [0.1, 0.15) is 5.82 Å². The molecule has 1 saturated heterocycles. The fourth-order valence-electron chi connectivity index (χ4n) is 2.49. The second-order valence-electron chi connectivity index (χ2n) is 5.46. The van der Waals surface area contributed by atoms with Crippen LogP contribution in [0.15, 0.2) is 18.2 Å². The Kier molecular flexibility index (Phi) is 5.67. The Morgan fingerprint density at radius 3 is 2.61 bits per heavy atom. The minimum atomic E-state index is -0.889. The van der Waals surface area contributed by atoms with Gasteiger partial charge in [-0.25, -0.2) is 4.39 Å². The first-order valence-corrected chi connectivity index (χ1v) is 7.59. The highest BCUT2D eigenvalue weighted by atomic mass is 19.1. The van der Waals surface area contributed by atoms with E-state index in [0.29, 0.717) is 37.9 Å². The molecule has 0 radical (unpaired) electrons. The molecule has 2 N–H and O–H groups in total. The molecule has 1 fully saturated rings. The summed E-state index contributed by atoms with van der Waals surface area (Å²) >= 11 is 0. The number of nitrogens with one attached hydrogen (secondary N) is 1. The molecule has 23 heavy (non-hydrogen) atoms. The molecule has 124 valence electrons. The first-order chi connectivity index (χ1) is 11.0. The van der Waals surface area contributed by atoms with E-state index in [1.165, 1.54) is 17.0 Å². The number of nitrogens with zero attached hydrogens (tertiary/aromatic N) is 1. The zero-order valence-electron chi connectivity index (χ0n) is 12.7. The minimum Gasteiger partial charge on any atom is -0.481 e.